The summed E-state index contributed by atoms with van der Waals surface area (Å²) in [6.07, 6.45) is 1.47. The van der Waals surface area contributed by atoms with Gasteiger partial charge in [0, 0.05) is 31.5 Å². The Labute approximate surface area is 222 Å². The van der Waals surface area contributed by atoms with Crippen LogP contribution in [-0.2, 0) is 11.3 Å². The molecule has 2 N–H and O–H groups in total. The number of aliphatic hydroxyl groups is 1. The normalized spacial score (nSPS) is 20.9. The first-order chi connectivity index (χ1) is 17.2. The molecule has 4 rings (SSSR count). The number of ether oxygens (including phenoxy) is 1. The molecule has 194 valence electrons. The number of rotatable bonds is 8. The van der Waals surface area contributed by atoms with E-state index in [2.05, 4.69) is 10.2 Å². The molecule has 9 heteroatoms. The first kappa shape index (κ1) is 26.7. The lowest BCUT2D eigenvalue weighted by molar-refractivity contribution is -0.117. The van der Waals surface area contributed by atoms with Crippen molar-refractivity contribution in [3.05, 3.63) is 57.6 Å². The Morgan fingerprint density at radius 3 is 2.67 bits per heavy atom. The molecule has 0 aromatic heterocycles. The Morgan fingerprint density at radius 1 is 1.25 bits per heavy atom. The SMILES string of the molecule is C[C@@H]1CN([C@H](C)CO)C(=O)c2cccc(NC(=O)C3CC3)c2O[C@@H]1CN(C)Cc1ccc(Cl)c(Cl)c1. The van der Waals surface area contributed by atoms with Crippen molar-refractivity contribution in [2.75, 3.05) is 32.1 Å². The minimum atomic E-state index is -0.356. The van der Waals surface area contributed by atoms with Crippen LogP contribution < -0.4 is 10.1 Å². The van der Waals surface area contributed by atoms with Gasteiger partial charge < -0.3 is 20.1 Å². The van der Waals surface area contributed by atoms with Gasteiger partial charge in [-0.3, -0.25) is 14.5 Å². The third kappa shape index (κ3) is 6.14. The highest BCUT2D eigenvalue weighted by atomic mass is 35.5. The number of aliphatic hydroxyl groups excluding tert-OH is 1. The summed E-state index contributed by atoms with van der Waals surface area (Å²) < 4.78 is 6.55. The summed E-state index contributed by atoms with van der Waals surface area (Å²) in [5.41, 5.74) is 1.91. The van der Waals surface area contributed by atoms with Gasteiger partial charge in [-0.15, -0.1) is 0 Å². The Balaban J connectivity index is 1.63. The quantitative estimate of drug-likeness (QED) is 0.514. The molecular formula is C27H33Cl2N3O4. The van der Waals surface area contributed by atoms with E-state index in [9.17, 15) is 14.7 Å². The standard InChI is InChI=1S/C27H33Cl2N3O4/c1-16-12-32(17(2)15-33)27(35)20-5-4-6-23(30-26(34)19-8-9-19)25(20)36-24(16)14-31(3)13-18-7-10-21(28)22(29)11-18/h4-7,10-11,16-17,19,24,33H,8-9,12-15H2,1-3H3,(H,30,34)/t16-,17-,24-/m1/s1. The van der Waals surface area contributed by atoms with Crippen molar-refractivity contribution in [1.29, 1.82) is 0 Å². The van der Waals surface area contributed by atoms with Crippen LogP contribution in [0.1, 0.15) is 42.6 Å². The number of nitrogens with one attached hydrogen (secondary N) is 1. The smallest absolute Gasteiger partial charge is 0.258 e. The van der Waals surface area contributed by atoms with Crippen LogP contribution in [0.3, 0.4) is 0 Å². The van der Waals surface area contributed by atoms with E-state index >= 15 is 0 Å². The van der Waals surface area contributed by atoms with E-state index in [1.807, 2.05) is 33.0 Å². The molecule has 2 aromatic carbocycles. The predicted molar refractivity (Wildman–Crippen MR) is 142 cm³/mol. The van der Waals surface area contributed by atoms with Crippen molar-refractivity contribution >= 4 is 40.7 Å². The van der Waals surface area contributed by atoms with Gasteiger partial charge in [-0.1, -0.05) is 42.3 Å². The fraction of sp³-hybridized carbons (Fsp3) is 0.481. The number of hydrogen-bond acceptors (Lipinski definition) is 5. The highest BCUT2D eigenvalue weighted by Gasteiger charge is 2.36. The van der Waals surface area contributed by atoms with Crippen LogP contribution in [0.4, 0.5) is 5.69 Å². The number of nitrogens with zero attached hydrogens (tertiary/aromatic N) is 2. The fourth-order valence-electron chi connectivity index (χ4n) is 4.46. The van der Waals surface area contributed by atoms with Gasteiger partial charge in [0.25, 0.3) is 5.91 Å². The summed E-state index contributed by atoms with van der Waals surface area (Å²) in [5, 5.41) is 13.8. The Kier molecular flexibility index (Phi) is 8.45. The second kappa shape index (κ2) is 11.4. The van der Waals surface area contributed by atoms with Gasteiger partial charge in [-0.05, 0) is 56.6 Å². The summed E-state index contributed by atoms with van der Waals surface area (Å²) in [4.78, 5) is 29.9. The molecule has 7 nitrogen and oxygen atoms in total. The molecule has 0 radical (unpaired) electrons. The van der Waals surface area contributed by atoms with E-state index in [-0.39, 0.29) is 42.4 Å². The summed E-state index contributed by atoms with van der Waals surface area (Å²) in [6, 6.07) is 10.5. The monoisotopic (exact) mass is 533 g/mol. The van der Waals surface area contributed by atoms with Gasteiger partial charge >= 0.3 is 0 Å². The van der Waals surface area contributed by atoms with Gasteiger partial charge in [-0.25, -0.2) is 0 Å². The van der Waals surface area contributed by atoms with Crippen LogP contribution in [0.5, 0.6) is 5.75 Å². The minimum Gasteiger partial charge on any atom is -0.486 e. The van der Waals surface area contributed by atoms with E-state index in [0.717, 1.165) is 18.4 Å². The lowest BCUT2D eigenvalue weighted by Gasteiger charge is -2.38. The van der Waals surface area contributed by atoms with E-state index in [1.165, 1.54) is 0 Å². The molecule has 0 bridgehead atoms. The minimum absolute atomic E-state index is 0.0167. The maximum absolute atomic E-state index is 13.5. The average Bonchev–Trinajstić information content (AvgIpc) is 3.69. The molecule has 2 amide bonds. The van der Waals surface area contributed by atoms with Crippen molar-refractivity contribution < 1.29 is 19.4 Å². The van der Waals surface area contributed by atoms with Crippen LogP contribution in [0.2, 0.25) is 10.0 Å². The van der Waals surface area contributed by atoms with Crippen LogP contribution in [0.25, 0.3) is 0 Å². The van der Waals surface area contributed by atoms with Gasteiger partial charge in [0.05, 0.1) is 33.9 Å². The summed E-state index contributed by atoms with van der Waals surface area (Å²) in [7, 11) is 2.00. The Bertz CT molecular complexity index is 1120. The molecule has 1 heterocycles. The summed E-state index contributed by atoms with van der Waals surface area (Å²) in [6.45, 7) is 5.36. The third-order valence-electron chi connectivity index (χ3n) is 6.83. The predicted octanol–water partition coefficient (Wildman–Crippen LogP) is 4.69. The molecule has 36 heavy (non-hydrogen) atoms. The van der Waals surface area contributed by atoms with E-state index < -0.39 is 0 Å². The van der Waals surface area contributed by atoms with E-state index in [4.69, 9.17) is 27.9 Å². The number of halogens is 2. The topological polar surface area (TPSA) is 82.1 Å². The number of fused-ring (bicyclic) bond motifs is 1. The molecule has 1 aliphatic heterocycles. The number of carbonyl (C=O) groups excluding carboxylic acids is 2. The number of benzene rings is 2. The molecule has 1 fully saturated rings. The molecular weight excluding hydrogens is 501 g/mol. The lowest BCUT2D eigenvalue weighted by atomic mass is 9.98. The molecule has 1 saturated carbocycles. The number of para-hydroxylation sites is 1. The van der Waals surface area contributed by atoms with Crippen molar-refractivity contribution in [1.82, 2.24) is 9.80 Å². The van der Waals surface area contributed by atoms with Gasteiger partial charge in [0.1, 0.15) is 6.10 Å². The second-order valence-corrected chi connectivity index (χ2v) is 10.8. The first-order valence-electron chi connectivity index (χ1n) is 12.3. The van der Waals surface area contributed by atoms with Crippen molar-refractivity contribution in [3.63, 3.8) is 0 Å². The summed E-state index contributed by atoms with van der Waals surface area (Å²) in [5.74, 6) is 0.0840. The Morgan fingerprint density at radius 2 is 2.00 bits per heavy atom. The number of hydrogen-bond donors (Lipinski definition) is 2. The van der Waals surface area contributed by atoms with Crippen LogP contribution >= 0.6 is 23.2 Å². The molecule has 0 unspecified atom stereocenters. The van der Waals surface area contributed by atoms with E-state index in [1.54, 1.807) is 29.2 Å². The largest absolute Gasteiger partial charge is 0.486 e. The lowest BCUT2D eigenvalue weighted by Crippen LogP contribution is -2.49. The number of carbonyl (C=O) groups is 2. The van der Waals surface area contributed by atoms with Crippen LogP contribution in [-0.4, -0.2) is 65.6 Å². The second-order valence-electron chi connectivity index (χ2n) is 10.0. The molecule has 1 aliphatic carbocycles. The molecule has 3 atom stereocenters. The number of likely N-dealkylation sites (N-methyl/N-ethyl adjacent to an activating group) is 1. The van der Waals surface area contributed by atoms with E-state index in [0.29, 0.717) is 46.7 Å². The van der Waals surface area contributed by atoms with Crippen molar-refractivity contribution in [2.45, 2.75) is 45.4 Å². The van der Waals surface area contributed by atoms with Crippen molar-refractivity contribution in [2.24, 2.45) is 11.8 Å². The van der Waals surface area contributed by atoms with Crippen LogP contribution in [0.15, 0.2) is 36.4 Å². The zero-order chi connectivity index (χ0) is 26.0. The molecule has 0 spiro atoms. The van der Waals surface area contributed by atoms with Gasteiger partial charge in [-0.2, -0.15) is 0 Å². The third-order valence-corrected chi connectivity index (χ3v) is 7.56. The highest BCUT2D eigenvalue weighted by molar-refractivity contribution is 6.42. The average molecular weight is 534 g/mol. The fourth-order valence-corrected chi connectivity index (χ4v) is 4.78. The van der Waals surface area contributed by atoms with Crippen molar-refractivity contribution in [3.8, 4) is 5.75 Å². The molecule has 0 saturated heterocycles. The summed E-state index contributed by atoms with van der Waals surface area (Å²) >= 11 is 12.3. The number of anilines is 1. The van der Waals surface area contributed by atoms with Gasteiger partial charge in [0.15, 0.2) is 5.75 Å². The maximum atomic E-state index is 13.5. The van der Waals surface area contributed by atoms with Crippen LogP contribution in [0, 0.1) is 11.8 Å². The maximum Gasteiger partial charge on any atom is 0.258 e. The molecule has 2 aromatic rings. The van der Waals surface area contributed by atoms with Gasteiger partial charge in [0.2, 0.25) is 5.91 Å². The number of amides is 2. The Hall–Kier alpha value is -2.32. The molecule has 2 aliphatic rings. The zero-order valence-electron chi connectivity index (χ0n) is 20.8. The zero-order valence-corrected chi connectivity index (χ0v) is 22.4. The first-order valence-corrected chi connectivity index (χ1v) is 13.1. The highest BCUT2D eigenvalue weighted by Crippen LogP contribution is 2.37.